The van der Waals surface area contributed by atoms with Crippen molar-refractivity contribution in [2.75, 3.05) is 18.1 Å². The molecule has 2 nitrogen and oxygen atoms in total. The summed E-state index contributed by atoms with van der Waals surface area (Å²) < 4.78 is 0. The van der Waals surface area contributed by atoms with Crippen LogP contribution in [0.3, 0.4) is 0 Å². The molecule has 2 aromatic rings. The molecule has 0 amide bonds. The van der Waals surface area contributed by atoms with Gasteiger partial charge in [0.05, 0.1) is 6.61 Å². The van der Waals surface area contributed by atoms with E-state index >= 15 is 0 Å². The highest BCUT2D eigenvalue weighted by atomic mass is 32.2. The van der Waals surface area contributed by atoms with Crippen LogP contribution in [0.15, 0.2) is 42.5 Å². The second kappa shape index (κ2) is 7.31. The van der Waals surface area contributed by atoms with Gasteiger partial charge < -0.3 is 9.90 Å². The predicted octanol–water partition coefficient (Wildman–Crippen LogP) is 2.92. The molecule has 0 bridgehead atoms. The molecule has 1 unspecified atom stereocenters. The summed E-state index contributed by atoms with van der Waals surface area (Å²) in [6, 6.07) is 14.5. The lowest BCUT2D eigenvalue weighted by molar-refractivity contribution is -0.110. The van der Waals surface area contributed by atoms with Crippen molar-refractivity contribution in [1.29, 1.82) is 0 Å². The molecule has 0 radical (unpaired) electrons. The number of thioether (sulfide) groups is 1. The number of hydrogen-bond acceptors (Lipinski definition) is 3. The molecule has 0 saturated heterocycles. The SMILES string of the molecule is O=CC(CSCCO)Cc1cccc2ccccc12. The second-order valence-corrected chi connectivity index (χ2v) is 5.69. The number of carbonyl (C=O) groups is 1. The van der Waals surface area contributed by atoms with Crippen LogP contribution in [0.1, 0.15) is 5.56 Å². The molecule has 0 spiro atoms. The summed E-state index contributed by atoms with van der Waals surface area (Å²) in [4.78, 5) is 11.2. The van der Waals surface area contributed by atoms with Crippen LogP contribution in [0.5, 0.6) is 0 Å². The van der Waals surface area contributed by atoms with Crippen LogP contribution in [-0.4, -0.2) is 29.5 Å². The summed E-state index contributed by atoms with van der Waals surface area (Å²) in [5, 5.41) is 11.2. The van der Waals surface area contributed by atoms with E-state index in [4.69, 9.17) is 5.11 Å². The van der Waals surface area contributed by atoms with Gasteiger partial charge in [0.2, 0.25) is 0 Å². The van der Waals surface area contributed by atoms with Gasteiger partial charge in [0.1, 0.15) is 6.29 Å². The van der Waals surface area contributed by atoms with Crippen LogP contribution in [0.4, 0.5) is 0 Å². The first-order valence-corrected chi connectivity index (χ1v) is 7.61. The van der Waals surface area contributed by atoms with Crippen LogP contribution in [0, 0.1) is 5.92 Å². The minimum Gasteiger partial charge on any atom is -0.396 e. The van der Waals surface area contributed by atoms with E-state index in [-0.39, 0.29) is 12.5 Å². The van der Waals surface area contributed by atoms with Crippen LogP contribution >= 0.6 is 11.8 Å². The van der Waals surface area contributed by atoms with Gasteiger partial charge in [0.25, 0.3) is 0 Å². The Balaban J connectivity index is 2.13. The summed E-state index contributed by atoms with van der Waals surface area (Å²) in [5.41, 5.74) is 1.22. The van der Waals surface area contributed by atoms with E-state index in [0.717, 1.165) is 18.5 Å². The Labute approximate surface area is 117 Å². The van der Waals surface area contributed by atoms with Crippen molar-refractivity contribution in [3.63, 3.8) is 0 Å². The Morgan fingerprint density at radius 3 is 2.74 bits per heavy atom. The minimum atomic E-state index is 0.0161. The molecule has 0 aliphatic rings. The zero-order chi connectivity index (χ0) is 13.5. The third-order valence-electron chi connectivity index (χ3n) is 3.12. The molecule has 0 aromatic heterocycles. The van der Waals surface area contributed by atoms with Crippen molar-refractivity contribution in [1.82, 2.24) is 0 Å². The van der Waals surface area contributed by atoms with Gasteiger partial charge in [-0.1, -0.05) is 42.5 Å². The normalized spacial score (nSPS) is 12.5. The lowest BCUT2D eigenvalue weighted by Gasteiger charge is -2.12. The zero-order valence-electron chi connectivity index (χ0n) is 10.8. The number of carbonyl (C=O) groups excluding carboxylic acids is 1. The van der Waals surface area contributed by atoms with Gasteiger partial charge in [-0.25, -0.2) is 0 Å². The molecule has 0 heterocycles. The van der Waals surface area contributed by atoms with E-state index in [1.165, 1.54) is 16.3 Å². The molecule has 2 rings (SSSR count). The average Bonchev–Trinajstić information content (AvgIpc) is 2.46. The Morgan fingerprint density at radius 1 is 1.16 bits per heavy atom. The van der Waals surface area contributed by atoms with Crippen molar-refractivity contribution < 1.29 is 9.90 Å². The maximum Gasteiger partial charge on any atom is 0.124 e. The zero-order valence-corrected chi connectivity index (χ0v) is 11.6. The summed E-state index contributed by atoms with van der Waals surface area (Å²) in [6.45, 7) is 0.171. The van der Waals surface area contributed by atoms with Gasteiger partial charge >= 0.3 is 0 Å². The fourth-order valence-electron chi connectivity index (χ4n) is 2.20. The first-order valence-electron chi connectivity index (χ1n) is 6.45. The standard InChI is InChI=1S/C16H18O2S/c17-8-9-19-12-13(11-18)10-15-6-3-5-14-4-1-2-7-16(14)15/h1-7,11,13,17H,8-10,12H2. The van der Waals surface area contributed by atoms with Gasteiger partial charge in [-0.05, 0) is 22.8 Å². The topological polar surface area (TPSA) is 37.3 Å². The van der Waals surface area contributed by atoms with Crippen molar-refractivity contribution in [3.8, 4) is 0 Å². The number of aliphatic hydroxyl groups excluding tert-OH is 1. The Hall–Kier alpha value is -1.32. The van der Waals surface area contributed by atoms with Crippen molar-refractivity contribution >= 4 is 28.8 Å². The van der Waals surface area contributed by atoms with Crippen molar-refractivity contribution in [2.24, 2.45) is 5.92 Å². The van der Waals surface area contributed by atoms with Gasteiger partial charge in [0.15, 0.2) is 0 Å². The third-order valence-corrected chi connectivity index (χ3v) is 4.26. The highest BCUT2D eigenvalue weighted by Gasteiger charge is 2.10. The molecule has 1 atom stereocenters. The van der Waals surface area contributed by atoms with E-state index < -0.39 is 0 Å². The van der Waals surface area contributed by atoms with E-state index in [1.807, 2.05) is 18.2 Å². The second-order valence-electron chi connectivity index (χ2n) is 4.54. The number of hydrogen-bond donors (Lipinski definition) is 1. The fourth-order valence-corrected chi connectivity index (χ4v) is 2.99. The number of aldehydes is 1. The van der Waals surface area contributed by atoms with Gasteiger partial charge in [-0.15, -0.1) is 0 Å². The molecule has 0 fully saturated rings. The van der Waals surface area contributed by atoms with Crippen molar-refractivity contribution in [3.05, 3.63) is 48.0 Å². The first kappa shape index (κ1) is 14.1. The Morgan fingerprint density at radius 2 is 1.95 bits per heavy atom. The summed E-state index contributed by atoms with van der Waals surface area (Å²) in [5.74, 6) is 1.48. The average molecular weight is 274 g/mol. The molecule has 1 N–H and O–H groups in total. The maximum atomic E-state index is 11.2. The number of rotatable bonds is 7. The monoisotopic (exact) mass is 274 g/mol. The van der Waals surface area contributed by atoms with Crippen molar-refractivity contribution in [2.45, 2.75) is 6.42 Å². The van der Waals surface area contributed by atoms with E-state index in [1.54, 1.807) is 11.8 Å². The van der Waals surface area contributed by atoms with Crippen LogP contribution in [0.25, 0.3) is 10.8 Å². The molecule has 0 saturated carbocycles. The first-order chi connectivity index (χ1) is 9.35. The molecular weight excluding hydrogens is 256 g/mol. The van der Waals surface area contributed by atoms with E-state index in [9.17, 15) is 4.79 Å². The maximum absolute atomic E-state index is 11.2. The lowest BCUT2D eigenvalue weighted by atomic mass is 9.97. The molecule has 0 aliphatic heterocycles. The van der Waals surface area contributed by atoms with Gasteiger partial charge in [-0.2, -0.15) is 11.8 Å². The van der Waals surface area contributed by atoms with Gasteiger partial charge in [0, 0.05) is 17.4 Å². The summed E-state index contributed by atoms with van der Waals surface area (Å²) in [7, 11) is 0. The van der Waals surface area contributed by atoms with Gasteiger partial charge in [-0.3, -0.25) is 0 Å². The third kappa shape index (κ3) is 3.82. The summed E-state index contributed by atoms with van der Waals surface area (Å²) in [6.07, 6.45) is 1.80. The minimum absolute atomic E-state index is 0.0161. The largest absolute Gasteiger partial charge is 0.396 e. The van der Waals surface area contributed by atoms with Crippen LogP contribution in [-0.2, 0) is 11.2 Å². The van der Waals surface area contributed by atoms with E-state index in [2.05, 4.69) is 24.3 Å². The highest BCUT2D eigenvalue weighted by molar-refractivity contribution is 7.99. The quantitative estimate of drug-likeness (QED) is 0.623. The Bertz CT molecular complexity index is 534. The highest BCUT2D eigenvalue weighted by Crippen LogP contribution is 2.22. The summed E-state index contributed by atoms with van der Waals surface area (Å²) >= 11 is 1.63. The molecule has 3 heteroatoms. The number of fused-ring (bicyclic) bond motifs is 1. The number of aliphatic hydroxyl groups is 1. The molecule has 100 valence electrons. The van der Waals surface area contributed by atoms with Crippen LogP contribution < -0.4 is 0 Å². The predicted molar refractivity (Wildman–Crippen MR) is 81.6 cm³/mol. The Kier molecular flexibility index (Phi) is 5.43. The molecular formula is C16H18O2S. The lowest BCUT2D eigenvalue weighted by Crippen LogP contribution is -2.10. The molecule has 0 aliphatic carbocycles. The smallest absolute Gasteiger partial charge is 0.124 e. The number of benzene rings is 2. The molecule has 19 heavy (non-hydrogen) atoms. The van der Waals surface area contributed by atoms with Crippen LogP contribution in [0.2, 0.25) is 0 Å². The van der Waals surface area contributed by atoms with E-state index in [0.29, 0.717) is 5.75 Å². The fraction of sp³-hybridized carbons (Fsp3) is 0.312. The molecule has 2 aromatic carbocycles.